The molecule has 0 amide bonds. The standard InChI is InChI=1S/C14H26N4OS/c1-9(2)12-17-13(15-5)11(4)14(18-12)16-8-7-10(3)20(6)19/h9-10H,7-8H2,1-6H3,(H2,15,16,17,18). The first-order valence-corrected chi connectivity index (χ1v) is 8.61. The second-order valence-electron chi connectivity index (χ2n) is 5.33. The number of aromatic nitrogens is 2. The predicted molar refractivity (Wildman–Crippen MR) is 87.0 cm³/mol. The number of nitrogens with one attached hydrogen (secondary N) is 2. The third-order valence-electron chi connectivity index (χ3n) is 3.33. The maximum atomic E-state index is 11.3. The van der Waals surface area contributed by atoms with Gasteiger partial charge in [-0.05, 0) is 13.3 Å². The molecule has 20 heavy (non-hydrogen) atoms. The Kier molecular flexibility index (Phi) is 6.39. The Labute approximate surface area is 124 Å². The Bertz CT molecular complexity index is 476. The first kappa shape index (κ1) is 16.9. The predicted octanol–water partition coefficient (Wildman–Crippen LogP) is 2.52. The van der Waals surface area contributed by atoms with Gasteiger partial charge in [-0.3, -0.25) is 4.21 Å². The molecule has 0 bridgehead atoms. The summed E-state index contributed by atoms with van der Waals surface area (Å²) in [5, 5.41) is 6.64. The van der Waals surface area contributed by atoms with Crippen molar-refractivity contribution in [3.63, 3.8) is 0 Å². The SMILES string of the molecule is CNc1nc(C(C)C)nc(NCCC(C)S(C)=O)c1C. The summed E-state index contributed by atoms with van der Waals surface area (Å²) in [6, 6.07) is 0. The zero-order chi connectivity index (χ0) is 15.3. The summed E-state index contributed by atoms with van der Waals surface area (Å²) >= 11 is 0. The molecule has 1 rings (SSSR count). The highest BCUT2D eigenvalue weighted by Gasteiger charge is 2.13. The molecule has 1 aromatic heterocycles. The lowest BCUT2D eigenvalue weighted by atomic mass is 10.2. The summed E-state index contributed by atoms with van der Waals surface area (Å²) < 4.78 is 11.3. The lowest BCUT2D eigenvalue weighted by molar-refractivity contribution is 0.672. The van der Waals surface area contributed by atoms with Gasteiger partial charge in [0.25, 0.3) is 0 Å². The Hall–Kier alpha value is -1.17. The minimum Gasteiger partial charge on any atom is -0.373 e. The highest BCUT2D eigenvalue weighted by atomic mass is 32.2. The summed E-state index contributed by atoms with van der Waals surface area (Å²) in [5.41, 5.74) is 1.02. The average molecular weight is 298 g/mol. The Balaban J connectivity index is 2.83. The molecule has 2 unspecified atom stereocenters. The molecule has 0 aliphatic rings. The largest absolute Gasteiger partial charge is 0.373 e. The van der Waals surface area contributed by atoms with Gasteiger partial charge < -0.3 is 10.6 Å². The first-order chi connectivity index (χ1) is 9.36. The first-order valence-electron chi connectivity index (χ1n) is 6.99. The fourth-order valence-corrected chi connectivity index (χ4v) is 2.22. The van der Waals surface area contributed by atoms with Crippen LogP contribution in [0.25, 0.3) is 0 Å². The molecular formula is C14H26N4OS. The Morgan fingerprint density at radius 1 is 1.20 bits per heavy atom. The maximum Gasteiger partial charge on any atom is 0.135 e. The van der Waals surface area contributed by atoms with Crippen LogP contribution in [0.4, 0.5) is 11.6 Å². The molecule has 0 saturated carbocycles. The van der Waals surface area contributed by atoms with Crippen molar-refractivity contribution in [3.8, 4) is 0 Å². The van der Waals surface area contributed by atoms with Crippen molar-refractivity contribution in [1.82, 2.24) is 9.97 Å². The second-order valence-corrected chi connectivity index (χ2v) is 7.14. The molecule has 0 saturated heterocycles. The second kappa shape index (κ2) is 7.57. The third-order valence-corrected chi connectivity index (χ3v) is 4.70. The van der Waals surface area contributed by atoms with Gasteiger partial charge in [-0.2, -0.15) is 0 Å². The molecule has 0 aromatic carbocycles. The van der Waals surface area contributed by atoms with Crippen LogP contribution in [0.3, 0.4) is 0 Å². The van der Waals surface area contributed by atoms with Crippen LogP contribution in [0, 0.1) is 6.92 Å². The van der Waals surface area contributed by atoms with E-state index < -0.39 is 10.8 Å². The van der Waals surface area contributed by atoms with Crippen molar-refractivity contribution in [2.45, 2.75) is 45.3 Å². The Morgan fingerprint density at radius 3 is 2.30 bits per heavy atom. The van der Waals surface area contributed by atoms with E-state index in [-0.39, 0.29) is 11.2 Å². The van der Waals surface area contributed by atoms with Crippen LogP contribution >= 0.6 is 0 Å². The number of nitrogens with zero attached hydrogens (tertiary/aromatic N) is 2. The van der Waals surface area contributed by atoms with Crippen molar-refractivity contribution in [2.24, 2.45) is 0 Å². The van der Waals surface area contributed by atoms with E-state index in [1.165, 1.54) is 0 Å². The summed E-state index contributed by atoms with van der Waals surface area (Å²) in [6.07, 6.45) is 2.61. The van der Waals surface area contributed by atoms with Gasteiger partial charge in [0.05, 0.1) is 0 Å². The van der Waals surface area contributed by atoms with Crippen molar-refractivity contribution < 1.29 is 4.21 Å². The minimum absolute atomic E-state index is 0.193. The van der Waals surface area contributed by atoms with Crippen LogP contribution in [0.1, 0.15) is 44.5 Å². The monoisotopic (exact) mass is 298 g/mol. The molecule has 114 valence electrons. The molecule has 2 atom stereocenters. The van der Waals surface area contributed by atoms with E-state index in [4.69, 9.17) is 0 Å². The average Bonchev–Trinajstić information content (AvgIpc) is 2.39. The van der Waals surface area contributed by atoms with E-state index in [1.807, 2.05) is 20.9 Å². The van der Waals surface area contributed by atoms with E-state index >= 15 is 0 Å². The molecular weight excluding hydrogens is 272 g/mol. The van der Waals surface area contributed by atoms with Crippen LogP contribution in [0.5, 0.6) is 0 Å². The maximum absolute atomic E-state index is 11.3. The van der Waals surface area contributed by atoms with Gasteiger partial charge in [0, 0.05) is 47.4 Å². The molecule has 1 aromatic rings. The summed E-state index contributed by atoms with van der Waals surface area (Å²) in [5.74, 6) is 2.83. The molecule has 6 heteroatoms. The van der Waals surface area contributed by atoms with E-state index in [9.17, 15) is 4.21 Å². The third kappa shape index (κ3) is 4.44. The number of anilines is 2. The molecule has 2 N–H and O–H groups in total. The van der Waals surface area contributed by atoms with Crippen molar-refractivity contribution in [1.29, 1.82) is 0 Å². The summed E-state index contributed by atoms with van der Waals surface area (Å²) in [6.45, 7) is 8.93. The number of hydrogen-bond acceptors (Lipinski definition) is 5. The topological polar surface area (TPSA) is 66.9 Å². The molecule has 0 aliphatic heterocycles. The highest BCUT2D eigenvalue weighted by molar-refractivity contribution is 7.84. The van der Waals surface area contributed by atoms with Crippen LogP contribution in [-0.4, -0.2) is 39.3 Å². The van der Waals surface area contributed by atoms with E-state index in [2.05, 4.69) is 34.4 Å². The van der Waals surface area contributed by atoms with E-state index in [0.29, 0.717) is 0 Å². The van der Waals surface area contributed by atoms with Gasteiger partial charge in [-0.25, -0.2) is 9.97 Å². The van der Waals surface area contributed by atoms with Crippen LogP contribution in [0.15, 0.2) is 0 Å². The molecule has 0 radical (unpaired) electrons. The summed E-state index contributed by atoms with van der Waals surface area (Å²) in [7, 11) is 1.09. The number of hydrogen-bond donors (Lipinski definition) is 2. The molecule has 0 spiro atoms. The van der Waals surface area contributed by atoms with Crippen molar-refractivity contribution in [3.05, 3.63) is 11.4 Å². The normalized spacial score (nSPS) is 14.2. The lowest BCUT2D eigenvalue weighted by Crippen LogP contribution is -2.17. The Morgan fingerprint density at radius 2 is 1.80 bits per heavy atom. The number of rotatable bonds is 7. The van der Waals surface area contributed by atoms with Gasteiger partial charge in [-0.1, -0.05) is 20.8 Å². The van der Waals surface area contributed by atoms with E-state index in [0.717, 1.165) is 36.0 Å². The quantitative estimate of drug-likeness (QED) is 0.809. The van der Waals surface area contributed by atoms with Crippen LogP contribution in [0.2, 0.25) is 0 Å². The van der Waals surface area contributed by atoms with Crippen LogP contribution < -0.4 is 10.6 Å². The van der Waals surface area contributed by atoms with Gasteiger partial charge in [0.15, 0.2) is 0 Å². The lowest BCUT2D eigenvalue weighted by Gasteiger charge is -2.16. The van der Waals surface area contributed by atoms with Gasteiger partial charge in [-0.15, -0.1) is 0 Å². The molecule has 1 heterocycles. The fourth-order valence-electron chi connectivity index (χ4n) is 1.77. The van der Waals surface area contributed by atoms with Crippen molar-refractivity contribution >= 4 is 22.4 Å². The van der Waals surface area contributed by atoms with Gasteiger partial charge in [0.2, 0.25) is 0 Å². The van der Waals surface area contributed by atoms with Gasteiger partial charge in [0.1, 0.15) is 17.5 Å². The molecule has 0 aliphatic carbocycles. The van der Waals surface area contributed by atoms with Gasteiger partial charge >= 0.3 is 0 Å². The smallest absolute Gasteiger partial charge is 0.135 e. The zero-order valence-electron chi connectivity index (χ0n) is 13.3. The van der Waals surface area contributed by atoms with Crippen LogP contribution in [-0.2, 0) is 10.8 Å². The highest BCUT2D eigenvalue weighted by Crippen LogP contribution is 2.22. The zero-order valence-corrected chi connectivity index (χ0v) is 14.1. The fraction of sp³-hybridized carbons (Fsp3) is 0.714. The molecule has 0 fully saturated rings. The molecule has 5 nitrogen and oxygen atoms in total. The van der Waals surface area contributed by atoms with Crippen molar-refractivity contribution in [2.75, 3.05) is 30.5 Å². The van der Waals surface area contributed by atoms with E-state index in [1.54, 1.807) is 6.26 Å². The minimum atomic E-state index is -0.776. The summed E-state index contributed by atoms with van der Waals surface area (Å²) in [4.78, 5) is 9.10.